The van der Waals surface area contributed by atoms with Crippen LogP contribution in [0, 0.1) is 0 Å². The third-order valence-electron chi connectivity index (χ3n) is 11.3. The minimum atomic E-state index is -0.866. The maximum atomic E-state index is 14.1. The zero-order valence-corrected chi connectivity index (χ0v) is 37.7. The van der Waals surface area contributed by atoms with Gasteiger partial charge in [0.05, 0.1) is 50.9 Å². The number of carbonyl (C=O) groups excluding carboxylic acids is 3. The molecule has 0 saturated carbocycles. The number of aromatic nitrogens is 6. The lowest BCUT2D eigenvalue weighted by atomic mass is 10.0. The molecule has 0 amide bonds. The first-order valence-electron chi connectivity index (χ1n) is 22.6. The standard InChI is InChI=1S/C57H45N7O6/c65-55(43-25-28-49(61-34-43)46-22-10-13-31-58-46)68-52(40-16-4-1-5-17-40)37-64(38-53(41-18-6-2-7-19-41)69-56(66)44-26-29-50(62-35-44)47-23-11-14-32-59-47)39-54(42-20-8-3-9-21-42)70-57(67)45-27-30-51(63-36-45)48-24-12-15-33-60-48/h1-36,52-54H,37-39H2/t52-,53-,54-/m1/s1. The summed E-state index contributed by atoms with van der Waals surface area (Å²) in [7, 11) is 0. The van der Waals surface area contributed by atoms with Gasteiger partial charge < -0.3 is 14.2 Å². The average Bonchev–Trinajstić information content (AvgIpc) is 3.44. The molecule has 0 saturated heterocycles. The molecule has 3 atom stereocenters. The summed E-state index contributed by atoms with van der Waals surface area (Å²) >= 11 is 0. The maximum absolute atomic E-state index is 14.1. The number of rotatable bonds is 18. The van der Waals surface area contributed by atoms with Gasteiger partial charge in [0, 0.05) is 56.8 Å². The molecule has 6 aromatic heterocycles. The smallest absolute Gasteiger partial charge is 0.340 e. The molecule has 0 N–H and O–H groups in total. The number of ether oxygens (including phenoxy) is 3. The number of carbonyl (C=O) groups is 3. The molecule has 9 rings (SSSR count). The highest BCUT2D eigenvalue weighted by Crippen LogP contribution is 2.30. The highest BCUT2D eigenvalue weighted by Gasteiger charge is 2.30. The van der Waals surface area contributed by atoms with E-state index in [0.717, 1.165) is 0 Å². The van der Waals surface area contributed by atoms with Gasteiger partial charge in [-0.2, -0.15) is 0 Å². The van der Waals surface area contributed by atoms with Crippen molar-refractivity contribution in [1.82, 2.24) is 34.8 Å². The maximum Gasteiger partial charge on any atom is 0.340 e. The fourth-order valence-corrected chi connectivity index (χ4v) is 7.70. The molecule has 0 aliphatic carbocycles. The van der Waals surface area contributed by atoms with Crippen molar-refractivity contribution in [3.8, 4) is 34.2 Å². The second-order valence-corrected chi connectivity index (χ2v) is 16.1. The lowest BCUT2D eigenvalue weighted by molar-refractivity contribution is -0.0123. The molecule has 0 spiro atoms. The van der Waals surface area contributed by atoms with Gasteiger partial charge in [-0.05, 0) is 89.5 Å². The largest absolute Gasteiger partial charge is 0.452 e. The van der Waals surface area contributed by atoms with E-state index in [0.29, 0.717) is 50.9 Å². The molecule has 0 unspecified atom stereocenters. The van der Waals surface area contributed by atoms with Gasteiger partial charge in [-0.3, -0.25) is 34.8 Å². The van der Waals surface area contributed by atoms with Crippen molar-refractivity contribution in [3.05, 3.63) is 253 Å². The van der Waals surface area contributed by atoms with Crippen LogP contribution >= 0.6 is 0 Å². The van der Waals surface area contributed by atoms with Gasteiger partial charge in [-0.25, -0.2) is 14.4 Å². The Morgan fingerprint density at radius 1 is 0.329 bits per heavy atom. The number of hydrogen-bond donors (Lipinski definition) is 0. The molecule has 0 radical (unpaired) electrons. The van der Waals surface area contributed by atoms with Crippen LogP contribution in [0.3, 0.4) is 0 Å². The van der Waals surface area contributed by atoms with Crippen LogP contribution in [0.4, 0.5) is 0 Å². The van der Waals surface area contributed by atoms with Crippen LogP contribution in [0.2, 0.25) is 0 Å². The van der Waals surface area contributed by atoms with Crippen LogP contribution in [0.5, 0.6) is 0 Å². The van der Waals surface area contributed by atoms with Crippen molar-refractivity contribution >= 4 is 17.9 Å². The molecule has 9 aromatic rings. The van der Waals surface area contributed by atoms with Crippen LogP contribution in [-0.2, 0) is 14.2 Å². The predicted octanol–water partition coefficient (Wildman–Crippen LogP) is 10.5. The van der Waals surface area contributed by atoms with E-state index in [1.807, 2.05) is 150 Å². The van der Waals surface area contributed by atoms with Crippen molar-refractivity contribution < 1.29 is 28.6 Å². The fourth-order valence-electron chi connectivity index (χ4n) is 7.70. The van der Waals surface area contributed by atoms with E-state index < -0.39 is 36.2 Å². The first kappa shape index (κ1) is 46.1. The SMILES string of the molecule is O=C(O[C@H](CN(C[C@@H](OC(=O)c1ccc(-c2ccccn2)nc1)c1ccccc1)C[C@@H](OC(=O)c1ccc(-c2ccccn2)nc1)c1ccccc1)c1ccccc1)c1ccc(-c2ccccn2)nc1. The summed E-state index contributed by atoms with van der Waals surface area (Å²) in [6.07, 6.45) is 6.85. The Kier molecular flexibility index (Phi) is 14.9. The van der Waals surface area contributed by atoms with Crippen molar-refractivity contribution in [3.63, 3.8) is 0 Å². The van der Waals surface area contributed by atoms with Crippen LogP contribution in [0.1, 0.15) is 66.1 Å². The minimum absolute atomic E-state index is 0.0810. The van der Waals surface area contributed by atoms with Crippen LogP contribution < -0.4 is 0 Å². The second kappa shape index (κ2) is 22.6. The van der Waals surface area contributed by atoms with Gasteiger partial charge in [0.1, 0.15) is 18.3 Å². The Morgan fingerprint density at radius 2 is 0.600 bits per heavy atom. The Labute approximate surface area is 404 Å². The van der Waals surface area contributed by atoms with E-state index in [2.05, 4.69) is 29.9 Å². The molecule has 13 nitrogen and oxygen atoms in total. The van der Waals surface area contributed by atoms with Crippen molar-refractivity contribution in [2.45, 2.75) is 18.3 Å². The summed E-state index contributed by atoms with van der Waals surface area (Å²) in [5.74, 6) is -1.81. The highest BCUT2D eigenvalue weighted by molar-refractivity contribution is 5.90. The predicted molar refractivity (Wildman–Crippen MR) is 263 cm³/mol. The Morgan fingerprint density at radius 3 is 0.843 bits per heavy atom. The van der Waals surface area contributed by atoms with Gasteiger partial charge in [0.2, 0.25) is 0 Å². The molecule has 344 valence electrons. The molecule has 13 heteroatoms. The van der Waals surface area contributed by atoms with Crippen LogP contribution in [0.25, 0.3) is 34.2 Å². The molecule has 70 heavy (non-hydrogen) atoms. The van der Waals surface area contributed by atoms with E-state index in [-0.39, 0.29) is 36.3 Å². The Balaban J connectivity index is 1.04. The van der Waals surface area contributed by atoms with Gasteiger partial charge in [0.15, 0.2) is 0 Å². The van der Waals surface area contributed by atoms with E-state index in [9.17, 15) is 14.4 Å². The quantitative estimate of drug-likeness (QED) is 0.0591. The third kappa shape index (κ3) is 11.9. The third-order valence-corrected chi connectivity index (χ3v) is 11.3. The van der Waals surface area contributed by atoms with Gasteiger partial charge in [-0.15, -0.1) is 0 Å². The molecule has 0 fully saturated rings. The summed E-state index contributed by atoms with van der Waals surface area (Å²) in [6, 6.07) is 54.9. The number of nitrogens with zero attached hydrogens (tertiary/aromatic N) is 7. The normalized spacial score (nSPS) is 12.3. The van der Waals surface area contributed by atoms with E-state index >= 15 is 0 Å². The number of esters is 3. The molecule has 6 heterocycles. The van der Waals surface area contributed by atoms with Crippen LogP contribution in [0.15, 0.2) is 219 Å². The Hall–Kier alpha value is -9.07. The number of hydrogen-bond acceptors (Lipinski definition) is 13. The zero-order chi connectivity index (χ0) is 47.9. The molecule has 0 aliphatic rings. The topological polar surface area (TPSA) is 159 Å². The zero-order valence-electron chi connectivity index (χ0n) is 37.7. The molecular formula is C57H45N7O6. The lowest BCUT2D eigenvalue weighted by Gasteiger charge is -2.33. The summed E-state index contributed by atoms with van der Waals surface area (Å²) in [5, 5.41) is 0. The summed E-state index contributed by atoms with van der Waals surface area (Å²) in [5.41, 5.74) is 6.64. The molecule has 0 bridgehead atoms. The molecular weight excluding hydrogens is 879 g/mol. The Bertz CT molecular complexity index is 2750. The lowest BCUT2D eigenvalue weighted by Crippen LogP contribution is -2.39. The van der Waals surface area contributed by atoms with E-state index in [4.69, 9.17) is 14.2 Å². The number of benzene rings is 3. The van der Waals surface area contributed by atoms with Crippen molar-refractivity contribution in [2.24, 2.45) is 0 Å². The summed E-state index contributed by atoms with van der Waals surface area (Å²) < 4.78 is 19.2. The second-order valence-electron chi connectivity index (χ2n) is 16.1. The first-order chi connectivity index (χ1) is 34.4. The monoisotopic (exact) mass is 923 g/mol. The minimum Gasteiger partial charge on any atom is -0.452 e. The molecule has 0 aliphatic heterocycles. The van der Waals surface area contributed by atoms with Crippen LogP contribution in [-0.4, -0.2) is 72.3 Å². The van der Waals surface area contributed by atoms with Crippen molar-refractivity contribution in [1.29, 1.82) is 0 Å². The first-order valence-corrected chi connectivity index (χ1v) is 22.6. The molecule has 3 aromatic carbocycles. The fraction of sp³-hybridized carbons (Fsp3) is 0.105. The summed E-state index contributed by atoms with van der Waals surface area (Å²) in [4.78, 5) is 71.0. The number of pyridine rings is 6. The van der Waals surface area contributed by atoms with Gasteiger partial charge in [-0.1, -0.05) is 109 Å². The van der Waals surface area contributed by atoms with Gasteiger partial charge in [0.25, 0.3) is 0 Å². The average molecular weight is 924 g/mol. The van der Waals surface area contributed by atoms with E-state index in [1.54, 1.807) is 55.0 Å². The summed E-state index contributed by atoms with van der Waals surface area (Å²) in [6.45, 7) is 0.243. The van der Waals surface area contributed by atoms with Crippen molar-refractivity contribution in [2.75, 3.05) is 19.6 Å². The van der Waals surface area contributed by atoms with Gasteiger partial charge >= 0.3 is 17.9 Å². The highest BCUT2D eigenvalue weighted by atomic mass is 16.6. The van der Waals surface area contributed by atoms with E-state index in [1.165, 1.54) is 18.6 Å².